The Kier molecular flexibility index (Phi) is 3.74. The number of ether oxygens (including phenoxy) is 1. The first-order valence-electron chi connectivity index (χ1n) is 7.48. The summed E-state index contributed by atoms with van der Waals surface area (Å²) >= 11 is 0. The molecule has 0 amide bonds. The van der Waals surface area contributed by atoms with E-state index < -0.39 is 42.0 Å². The summed E-state index contributed by atoms with van der Waals surface area (Å²) in [5, 5.41) is 40.7. The van der Waals surface area contributed by atoms with E-state index in [0.717, 1.165) is 12.8 Å². The third kappa shape index (κ3) is 2.37. The summed E-state index contributed by atoms with van der Waals surface area (Å²) in [7, 11) is 1.30. The largest absolute Gasteiger partial charge is 0.468 e. The number of hydrogen-bond acceptors (Lipinski definition) is 7. The molecule has 0 spiro atoms. The molecule has 120 valence electrons. The van der Waals surface area contributed by atoms with Crippen molar-refractivity contribution < 1.29 is 30.0 Å². The molecule has 7 nitrogen and oxygen atoms in total. The number of carbonyl (C=O) groups is 1. The SMILES string of the molecule is COC(=O)[C@@H]1C[C@@]2(O)[C@@H](O)[C@@H](O)[C@@H](O)C[C@H]2N1CC1CC1. The normalized spacial score (nSPS) is 47.2. The van der Waals surface area contributed by atoms with Gasteiger partial charge in [0.2, 0.25) is 0 Å². The lowest BCUT2D eigenvalue weighted by molar-refractivity contribution is -0.196. The van der Waals surface area contributed by atoms with Gasteiger partial charge in [0.1, 0.15) is 23.9 Å². The fourth-order valence-electron chi connectivity index (χ4n) is 3.81. The van der Waals surface area contributed by atoms with Gasteiger partial charge < -0.3 is 25.2 Å². The third-order valence-electron chi connectivity index (χ3n) is 5.23. The van der Waals surface area contributed by atoms with E-state index >= 15 is 0 Å². The van der Waals surface area contributed by atoms with Crippen LogP contribution in [0.15, 0.2) is 0 Å². The van der Waals surface area contributed by atoms with Crippen LogP contribution in [0.5, 0.6) is 0 Å². The van der Waals surface area contributed by atoms with E-state index in [9.17, 15) is 25.2 Å². The van der Waals surface area contributed by atoms with E-state index in [2.05, 4.69) is 0 Å². The first-order chi connectivity index (χ1) is 9.88. The Morgan fingerprint density at radius 1 is 1.33 bits per heavy atom. The number of aliphatic hydroxyl groups excluding tert-OH is 3. The molecule has 0 aromatic heterocycles. The Hall–Kier alpha value is -0.730. The van der Waals surface area contributed by atoms with Crippen molar-refractivity contribution >= 4 is 5.97 Å². The van der Waals surface area contributed by atoms with Crippen LogP contribution < -0.4 is 0 Å². The average molecular weight is 301 g/mol. The molecule has 2 saturated carbocycles. The van der Waals surface area contributed by atoms with Crippen LogP contribution in [0.3, 0.4) is 0 Å². The van der Waals surface area contributed by atoms with Crippen LogP contribution >= 0.6 is 0 Å². The molecule has 1 aliphatic heterocycles. The van der Waals surface area contributed by atoms with E-state index in [1.54, 1.807) is 0 Å². The maximum atomic E-state index is 12.0. The average Bonchev–Trinajstić information content (AvgIpc) is 3.23. The highest BCUT2D eigenvalue weighted by molar-refractivity contribution is 5.76. The molecule has 3 fully saturated rings. The van der Waals surface area contributed by atoms with Crippen LogP contribution in [0.4, 0.5) is 0 Å². The maximum absolute atomic E-state index is 12.0. The summed E-state index contributed by atoms with van der Waals surface area (Å²) in [6, 6.07) is -1.19. The molecule has 2 aliphatic carbocycles. The highest BCUT2D eigenvalue weighted by atomic mass is 16.5. The van der Waals surface area contributed by atoms with Gasteiger partial charge in [-0.3, -0.25) is 9.69 Å². The van der Waals surface area contributed by atoms with Gasteiger partial charge in [-0.1, -0.05) is 0 Å². The van der Waals surface area contributed by atoms with Gasteiger partial charge in [0.05, 0.1) is 13.2 Å². The summed E-state index contributed by atoms with van der Waals surface area (Å²) in [6.07, 6.45) is -1.65. The second-order valence-corrected chi connectivity index (χ2v) is 6.63. The molecular formula is C14H23NO6. The minimum atomic E-state index is -1.59. The fourth-order valence-corrected chi connectivity index (χ4v) is 3.81. The van der Waals surface area contributed by atoms with Crippen molar-refractivity contribution in [3.05, 3.63) is 0 Å². The van der Waals surface area contributed by atoms with Gasteiger partial charge in [-0.25, -0.2) is 0 Å². The number of fused-ring (bicyclic) bond motifs is 1. The highest BCUT2D eigenvalue weighted by Gasteiger charge is 2.62. The summed E-state index contributed by atoms with van der Waals surface area (Å²) in [5.41, 5.74) is -1.59. The van der Waals surface area contributed by atoms with Crippen molar-refractivity contribution in [3.8, 4) is 0 Å². The molecule has 0 unspecified atom stereocenters. The third-order valence-corrected chi connectivity index (χ3v) is 5.23. The molecule has 0 aromatic carbocycles. The smallest absolute Gasteiger partial charge is 0.323 e. The summed E-state index contributed by atoms with van der Waals surface area (Å²) < 4.78 is 4.81. The molecule has 1 heterocycles. The Balaban J connectivity index is 1.89. The Morgan fingerprint density at radius 2 is 2.00 bits per heavy atom. The van der Waals surface area contributed by atoms with E-state index in [1.807, 2.05) is 4.90 Å². The zero-order valence-corrected chi connectivity index (χ0v) is 12.1. The molecule has 4 N–H and O–H groups in total. The van der Waals surface area contributed by atoms with Crippen molar-refractivity contribution in [1.29, 1.82) is 0 Å². The fraction of sp³-hybridized carbons (Fsp3) is 0.929. The maximum Gasteiger partial charge on any atom is 0.323 e. The highest BCUT2D eigenvalue weighted by Crippen LogP contribution is 2.45. The number of likely N-dealkylation sites (tertiary alicyclic amines) is 1. The van der Waals surface area contributed by atoms with E-state index in [-0.39, 0.29) is 12.8 Å². The Morgan fingerprint density at radius 3 is 2.57 bits per heavy atom. The van der Waals surface area contributed by atoms with Crippen molar-refractivity contribution in [3.63, 3.8) is 0 Å². The molecule has 3 rings (SSSR count). The van der Waals surface area contributed by atoms with Crippen LogP contribution in [-0.4, -0.2) is 80.9 Å². The second-order valence-electron chi connectivity index (χ2n) is 6.63. The van der Waals surface area contributed by atoms with Crippen LogP contribution in [0, 0.1) is 5.92 Å². The standard InChI is InChI=1S/C14H23NO6/c1-21-13(19)8-5-14(20)10(15(8)6-7-2-3-7)4-9(16)11(17)12(14)18/h7-12,16-18,20H,2-6H2,1H3/t8-,9-,10+,11-,12-,14-/m0/s1. The minimum Gasteiger partial charge on any atom is -0.468 e. The Labute approximate surface area is 123 Å². The molecular weight excluding hydrogens is 278 g/mol. The number of esters is 1. The van der Waals surface area contributed by atoms with Crippen molar-refractivity contribution in [2.75, 3.05) is 13.7 Å². The van der Waals surface area contributed by atoms with Crippen LogP contribution in [-0.2, 0) is 9.53 Å². The zero-order valence-electron chi connectivity index (χ0n) is 12.1. The van der Waals surface area contributed by atoms with Crippen molar-refractivity contribution in [1.82, 2.24) is 4.90 Å². The number of rotatable bonds is 3. The first-order valence-corrected chi connectivity index (χ1v) is 7.48. The molecule has 3 aliphatic rings. The quantitative estimate of drug-likeness (QED) is 0.457. The number of hydrogen-bond donors (Lipinski definition) is 4. The lowest BCUT2D eigenvalue weighted by Crippen LogP contribution is -2.64. The van der Waals surface area contributed by atoms with Crippen LogP contribution in [0.25, 0.3) is 0 Å². The summed E-state index contributed by atoms with van der Waals surface area (Å²) in [5.74, 6) is 0.0373. The number of carbonyl (C=O) groups excluding carboxylic acids is 1. The topological polar surface area (TPSA) is 110 Å². The van der Waals surface area contributed by atoms with Gasteiger partial charge >= 0.3 is 5.97 Å². The van der Waals surface area contributed by atoms with Gasteiger partial charge in [0.15, 0.2) is 0 Å². The van der Waals surface area contributed by atoms with Crippen molar-refractivity contribution in [2.45, 2.75) is 61.7 Å². The summed E-state index contributed by atoms with van der Waals surface area (Å²) in [6.45, 7) is 0.641. The number of nitrogens with zero attached hydrogens (tertiary/aromatic N) is 1. The molecule has 21 heavy (non-hydrogen) atoms. The van der Waals surface area contributed by atoms with E-state index in [4.69, 9.17) is 4.74 Å². The van der Waals surface area contributed by atoms with Gasteiger partial charge in [0, 0.05) is 19.0 Å². The predicted molar refractivity (Wildman–Crippen MR) is 71.2 cm³/mol. The van der Waals surface area contributed by atoms with E-state index in [0.29, 0.717) is 12.5 Å². The molecule has 7 heteroatoms. The monoisotopic (exact) mass is 301 g/mol. The van der Waals surface area contributed by atoms with Gasteiger partial charge in [0.25, 0.3) is 0 Å². The molecule has 1 saturated heterocycles. The van der Waals surface area contributed by atoms with Crippen molar-refractivity contribution in [2.24, 2.45) is 5.92 Å². The Bertz CT molecular complexity index is 428. The first kappa shape index (κ1) is 15.2. The van der Waals surface area contributed by atoms with Crippen LogP contribution in [0.1, 0.15) is 25.7 Å². The number of methoxy groups -OCH3 is 1. The lowest BCUT2D eigenvalue weighted by atomic mass is 9.75. The summed E-state index contributed by atoms with van der Waals surface area (Å²) in [4.78, 5) is 13.8. The second kappa shape index (κ2) is 5.17. The number of aliphatic hydroxyl groups is 4. The molecule has 0 aromatic rings. The molecule has 0 bridgehead atoms. The minimum absolute atomic E-state index is 0.0159. The zero-order chi connectivity index (χ0) is 15.4. The predicted octanol–water partition coefficient (Wildman–Crippen LogP) is -1.77. The lowest BCUT2D eigenvalue weighted by Gasteiger charge is -2.45. The van der Waals surface area contributed by atoms with Gasteiger partial charge in [-0.05, 0) is 25.2 Å². The molecule has 0 radical (unpaired) electrons. The van der Waals surface area contributed by atoms with E-state index in [1.165, 1.54) is 7.11 Å². The van der Waals surface area contributed by atoms with Gasteiger partial charge in [-0.2, -0.15) is 0 Å². The van der Waals surface area contributed by atoms with Crippen LogP contribution in [0.2, 0.25) is 0 Å². The van der Waals surface area contributed by atoms with Gasteiger partial charge in [-0.15, -0.1) is 0 Å². The molecule has 6 atom stereocenters.